The zero-order valence-electron chi connectivity index (χ0n) is 6.46. The average Bonchev–Trinajstić information content (AvgIpc) is 1.86. The molecule has 12 heavy (non-hydrogen) atoms. The van der Waals surface area contributed by atoms with Crippen LogP contribution in [-0.2, 0) is 14.3 Å². The van der Waals surface area contributed by atoms with Gasteiger partial charge in [0.1, 0.15) is 0 Å². The van der Waals surface area contributed by atoms with Crippen molar-refractivity contribution < 1.29 is 19.4 Å². The molecule has 0 radical (unpaired) electrons. The number of aliphatic hydroxyl groups excluding tert-OH is 1. The Kier molecular flexibility index (Phi) is 8.69. The van der Waals surface area contributed by atoms with Gasteiger partial charge in [0, 0.05) is 6.08 Å². The summed E-state index contributed by atoms with van der Waals surface area (Å²) in [6.45, 7) is 3.02. The van der Waals surface area contributed by atoms with E-state index in [0.717, 1.165) is 6.08 Å². The predicted molar refractivity (Wildman–Crippen MR) is 45.2 cm³/mol. The predicted octanol–water partition coefficient (Wildman–Crippen LogP) is -0.0681. The first kappa shape index (κ1) is 14.2. The van der Waals surface area contributed by atoms with E-state index in [1.54, 1.807) is 6.92 Å². The second kappa shape index (κ2) is 7.34. The molecule has 0 atom stereocenters. The molecule has 0 amide bonds. The normalized spacial score (nSPS) is 10.0. The van der Waals surface area contributed by atoms with E-state index >= 15 is 0 Å². The molecule has 0 saturated heterocycles. The van der Waals surface area contributed by atoms with Crippen LogP contribution in [0.25, 0.3) is 0 Å². The Bertz CT molecular complexity index is 198. The van der Waals surface area contributed by atoms with Crippen molar-refractivity contribution in [1.29, 1.82) is 0 Å². The zero-order valence-corrected chi connectivity index (χ0v) is 6.46. The monoisotopic (exact) mass is 182 g/mol. The molecule has 0 unspecified atom stereocenters. The first-order valence-corrected chi connectivity index (χ1v) is 3.16. The molecule has 4 nitrogen and oxygen atoms in total. The van der Waals surface area contributed by atoms with Gasteiger partial charge in [-0.25, -0.2) is 4.79 Å². The molecule has 0 saturated carbocycles. The van der Waals surface area contributed by atoms with E-state index in [1.165, 1.54) is 6.92 Å². The first-order valence-electron chi connectivity index (χ1n) is 3.16. The molecule has 0 aliphatic rings. The number of carbonyl (C=O) groups excluding carboxylic acids is 2. The molecular weight excluding hydrogens is 171 g/mol. The van der Waals surface area contributed by atoms with Crippen LogP contribution in [0.3, 0.4) is 0 Å². The van der Waals surface area contributed by atoms with Gasteiger partial charge in [-0.15, -0.1) is 0 Å². The van der Waals surface area contributed by atoms with E-state index in [1.807, 2.05) is 0 Å². The van der Waals surface area contributed by atoms with Gasteiger partial charge in [-0.3, -0.25) is 4.79 Å². The third-order valence-corrected chi connectivity index (χ3v) is 0.825. The molecule has 1 N–H and O–H groups in total. The van der Waals surface area contributed by atoms with Crippen LogP contribution in [0.4, 0.5) is 0 Å². The molecule has 0 spiro atoms. The van der Waals surface area contributed by atoms with E-state index in [9.17, 15) is 9.59 Å². The SMILES string of the molecule is CCOC(=O)C(O)=CC(C)=O.[NaH]. The van der Waals surface area contributed by atoms with Gasteiger partial charge in [0.05, 0.1) is 6.61 Å². The number of allylic oxidation sites excluding steroid dienone is 1. The summed E-state index contributed by atoms with van der Waals surface area (Å²) >= 11 is 0. The molecule has 0 aromatic carbocycles. The van der Waals surface area contributed by atoms with Crippen LogP contribution < -0.4 is 0 Å². The van der Waals surface area contributed by atoms with E-state index in [2.05, 4.69) is 4.74 Å². The van der Waals surface area contributed by atoms with E-state index in [0.29, 0.717) is 0 Å². The Morgan fingerprint density at radius 2 is 2.00 bits per heavy atom. The van der Waals surface area contributed by atoms with Crippen molar-refractivity contribution in [3.63, 3.8) is 0 Å². The van der Waals surface area contributed by atoms with Crippen molar-refractivity contribution in [3.05, 3.63) is 11.8 Å². The third-order valence-electron chi connectivity index (χ3n) is 0.825. The van der Waals surface area contributed by atoms with Crippen molar-refractivity contribution in [1.82, 2.24) is 0 Å². The molecule has 0 aliphatic carbocycles. The molecular formula is C7H11NaO4. The van der Waals surface area contributed by atoms with Crippen LogP contribution in [0.2, 0.25) is 0 Å². The van der Waals surface area contributed by atoms with Gasteiger partial charge in [-0.05, 0) is 13.8 Å². The second-order valence-electron chi connectivity index (χ2n) is 1.86. The van der Waals surface area contributed by atoms with E-state index in [4.69, 9.17) is 5.11 Å². The number of ether oxygens (including phenoxy) is 1. The summed E-state index contributed by atoms with van der Waals surface area (Å²) in [7, 11) is 0. The van der Waals surface area contributed by atoms with Crippen molar-refractivity contribution in [2.75, 3.05) is 6.61 Å². The first-order chi connectivity index (χ1) is 5.07. The number of hydrogen-bond donors (Lipinski definition) is 1. The summed E-state index contributed by atoms with van der Waals surface area (Å²) in [4.78, 5) is 20.9. The molecule has 0 heterocycles. The van der Waals surface area contributed by atoms with E-state index in [-0.39, 0.29) is 36.2 Å². The summed E-state index contributed by atoms with van der Waals surface area (Å²) in [5.74, 6) is -1.92. The van der Waals surface area contributed by atoms with Crippen molar-refractivity contribution in [2.24, 2.45) is 0 Å². The standard InChI is InChI=1S/C7H10O4.Na.H/c1-3-11-7(10)6(9)4-5(2)8;;/h4,9H,3H2,1-2H3;;. The van der Waals surface area contributed by atoms with Gasteiger partial charge in [0.15, 0.2) is 5.78 Å². The Balaban J connectivity index is 0. The third kappa shape index (κ3) is 6.39. The van der Waals surface area contributed by atoms with E-state index < -0.39 is 17.5 Å². The quantitative estimate of drug-likeness (QED) is 0.287. The Morgan fingerprint density at radius 1 is 1.50 bits per heavy atom. The topological polar surface area (TPSA) is 63.6 Å². The van der Waals surface area contributed by atoms with Crippen LogP contribution in [0, 0.1) is 0 Å². The Morgan fingerprint density at radius 3 is 2.33 bits per heavy atom. The summed E-state index contributed by atoms with van der Waals surface area (Å²) in [5, 5.41) is 8.78. The van der Waals surface area contributed by atoms with Crippen LogP contribution >= 0.6 is 0 Å². The van der Waals surface area contributed by atoms with Gasteiger partial charge in [0.2, 0.25) is 5.76 Å². The fraction of sp³-hybridized carbons (Fsp3) is 0.429. The van der Waals surface area contributed by atoms with Gasteiger partial charge >= 0.3 is 35.5 Å². The Hall–Kier alpha value is -0.320. The minimum atomic E-state index is -0.872. The van der Waals surface area contributed by atoms with Gasteiger partial charge < -0.3 is 9.84 Å². The molecule has 0 aromatic rings. The van der Waals surface area contributed by atoms with Crippen molar-refractivity contribution in [3.8, 4) is 0 Å². The molecule has 0 aliphatic heterocycles. The maximum atomic E-state index is 10.6. The summed E-state index contributed by atoms with van der Waals surface area (Å²) in [6.07, 6.45) is 0.817. The fourth-order valence-corrected chi connectivity index (χ4v) is 0.456. The fourth-order valence-electron chi connectivity index (χ4n) is 0.456. The molecule has 5 heteroatoms. The number of esters is 1. The zero-order chi connectivity index (χ0) is 8.85. The van der Waals surface area contributed by atoms with Gasteiger partial charge in [0.25, 0.3) is 0 Å². The molecule has 0 fully saturated rings. The molecule has 0 rings (SSSR count). The summed E-state index contributed by atoms with van der Waals surface area (Å²) in [6, 6.07) is 0. The summed E-state index contributed by atoms with van der Waals surface area (Å²) in [5.41, 5.74) is 0. The number of hydrogen-bond acceptors (Lipinski definition) is 4. The number of aliphatic hydroxyl groups is 1. The molecule has 0 bridgehead atoms. The van der Waals surface area contributed by atoms with Crippen LogP contribution in [-0.4, -0.2) is 53.0 Å². The average molecular weight is 182 g/mol. The Labute approximate surface area is 92.9 Å². The number of rotatable bonds is 3. The number of ketones is 1. The van der Waals surface area contributed by atoms with Crippen LogP contribution in [0.15, 0.2) is 11.8 Å². The van der Waals surface area contributed by atoms with Gasteiger partial charge in [-0.2, -0.15) is 0 Å². The van der Waals surface area contributed by atoms with Crippen molar-refractivity contribution in [2.45, 2.75) is 13.8 Å². The second-order valence-corrected chi connectivity index (χ2v) is 1.86. The van der Waals surface area contributed by atoms with Crippen LogP contribution in [0.1, 0.15) is 13.8 Å². The molecule has 0 aromatic heterocycles. The summed E-state index contributed by atoms with van der Waals surface area (Å²) < 4.78 is 4.40. The van der Waals surface area contributed by atoms with Crippen LogP contribution in [0.5, 0.6) is 0 Å². The number of carbonyl (C=O) groups is 2. The maximum absolute atomic E-state index is 10.6. The molecule has 64 valence electrons. The minimum absolute atomic E-state index is 0. The van der Waals surface area contributed by atoms with Crippen molar-refractivity contribution >= 4 is 41.3 Å². The van der Waals surface area contributed by atoms with Gasteiger partial charge in [-0.1, -0.05) is 0 Å².